The van der Waals surface area contributed by atoms with Crippen LogP contribution in [0.3, 0.4) is 0 Å². The van der Waals surface area contributed by atoms with Crippen molar-refractivity contribution in [2.45, 2.75) is 25.0 Å². The Morgan fingerprint density at radius 1 is 1.64 bits per heavy atom. The zero-order valence-corrected chi connectivity index (χ0v) is 7.97. The lowest BCUT2D eigenvalue weighted by molar-refractivity contribution is 0.422. The van der Waals surface area contributed by atoms with E-state index in [4.69, 9.17) is 16.4 Å². The number of rotatable bonds is 4. The Morgan fingerprint density at radius 2 is 2.09 bits per heavy atom. The fraction of sp³-hybridized carbons (Fsp3) is 1.00. The lowest BCUT2D eigenvalue weighted by Gasteiger charge is -2.27. The maximum absolute atomic E-state index is 11.1. The van der Waals surface area contributed by atoms with E-state index in [1.165, 1.54) is 6.66 Å². The van der Waals surface area contributed by atoms with Crippen molar-refractivity contribution in [3.8, 4) is 0 Å². The molecule has 0 fully saturated rings. The minimum absolute atomic E-state index is 0.494. The van der Waals surface area contributed by atoms with E-state index < -0.39 is 12.6 Å². The number of hydrogen-bond donors (Lipinski definition) is 3. The predicted octanol–water partition coefficient (Wildman–Crippen LogP) is 0.300. The van der Waals surface area contributed by atoms with Gasteiger partial charge in [-0.2, -0.15) is 0 Å². The maximum Gasteiger partial charge on any atom is 0.216 e. The lowest BCUT2D eigenvalue weighted by atomic mass is 10.2. The second-order valence-electron chi connectivity index (χ2n) is 3.13. The summed E-state index contributed by atoms with van der Waals surface area (Å²) in [4.78, 5) is 9.16. The first-order valence-electron chi connectivity index (χ1n) is 3.60. The first-order valence-corrected chi connectivity index (χ1v) is 5.71. The van der Waals surface area contributed by atoms with E-state index >= 15 is 0 Å². The third kappa shape index (κ3) is 3.34. The quantitative estimate of drug-likeness (QED) is 0.543. The van der Waals surface area contributed by atoms with E-state index in [-0.39, 0.29) is 0 Å². The van der Waals surface area contributed by atoms with Crippen LogP contribution in [0.5, 0.6) is 0 Å². The Bertz CT molecular complexity index is 164. The SMILES string of the molecule is CC(N)(CCCN)P(C)(=O)O. The Balaban J connectivity index is 4.11. The molecule has 0 rings (SSSR count). The van der Waals surface area contributed by atoms with E-state index in [1.807, 2.05) is 0 Å². The highest BCUT2D eigenvalue weighted by Gasteiger charge is 2.34. The van der Waals surface area contributed by atoms with Crippen molar-refractivity contribution < 1.29 is 9.46 Å². The molecule has 5 heteroatoms. The molecule has 0 aromatic carbocycles. The van der Waals surface area contributed by atoms with E-state index in [9.17, 15) is 4.57 Å². The van der Waals surface area contributed by atoms with Crippen molar-refractivity contribution in [3.63, 3.8) is 0 Å². The molecule has 0 saturated carbocycles. The van der Waals surface area contributed by atoms with Crippen molar-refractivity contribution >= 4 is 7.37 Å². The van der Waals surface area contributed by atoms with Crippen LogP contribution in [-0.2, 0) is 4.57 Å². The van der Waals surface area contributed by atoms with Gasteiger partial charge in [-0.05, 0) is 26.3 Å². The highest BCUT2D eigenvalue weighted by atomic mass is 31.2. The van der Waals surface area contributed by atoms with Crippen LogP contribution in [0.1, 0.15) is 19.8 Å². The van der Waals surface area contributed by atoms with Crippen LogP contribution < -0.4 is 11.5 Å². The highest BCUT2D eigenvalue weighted by Crippen LogP contribution is 2.49. The first-order chi connectivity index (χ1) is 4.81. The highest BCUT2D eigenvalue weighted by molar-refractivity contribution is 7.58. The molecule has 0 radical (unpaired) electrons. The van der Waals surface area contributed by atoms with E-state index in [1.54, 1.807) is 6.92 Å². The molecule has 0 aliphatic carbocycles. The standard InChI is InChI=1S/C6H17N2O2P/c1-6(8,4-3-5-7)11(2,9)10/h3-5,7-8H2,1-2H3,(H,9,10). The molecule has 2 atom stereocenters. The van der Waals surface area contributed by atoms with Gasteiger partial charge in [0.05, 0.1) is 5.28 Å². The molecule has 0 bridgehead atoms. The van der Waals surface area contributed by atoms with Crippen molar-refractivity contribution in [3.05, 3.63) is 0 Å². The van der Waals surface area contributed by atoms with Gasteiger partial charge in [-0.1, -0.05) is 0 Å². The van der Waals surface area contributed by atoms with Crippen LogP contribution in [0.4, 0.5) is 0 Å². The van der Waals surface area contributed by atoms with Crippen molar-refractivity contribution in [2.24, 2.45) is 11.5 Å². The van der Waals surface area contributed by atoms with Crippen LogP contribution in [-0.4, -0.2) is 23.4 Å². The molecule has 0 aromatic heterocycles. The predicted molar refractivity (Wildman–Crippen MR) is 46.6 cm³/mol. The number of hydrogen-bond acceptors (Lipinski definition) is 3. The molecule has 0 aliphatic heterocycles. The normalized spacial score (nSPS) is 22.3. The second-order valence-corrected chi connectivity index (χ2v) is 5.91. The van der Waals surface area contributed by atoms with Gasteiger partial charge in [0.1, 0.15) is 0 Å². The second kappa shape index (κ2) is 3.68. The molecule has 68 valence electrons. The summed E-state index contributed by atoms with van der Waals surface area (Å²) in [6.07, 6.45) is 1.18. The van der Waals surface area contributed by atoms with Crippen LogP contribution in [0.15, 0.2) is 0 Å². The molecule has 0 spiro atoms. The Labute approximate surface area is 67.4 Å². The number of nitrogens with two attached hydrogens (primary N) is 2. The van der Waals surface area contributed by atoms with Gasteiger partial charge in [-0.3, -0.25) is 4.57 Å². The van der Waals surface area contributed by atoms with E-state index in [0.717, 1.165) is 0 Å². The van der Waals surface area contributed by atoms with Crippen LogP contribution in [0.25, 0.3) is 0 Å². The molecule has 0 heterocycles. The van der Waals surface area contributed by atoms with Gasteiger partial charge >= 0.3 is 0 Å². The summed E-state index contributed by atoms with van der Waals surface area (Å²) in [6.45, 7) is 3.37. The zero-order valence-electron chi connectivity index (χ0n) is 7.08. The lowest BCUT2D eigenvalue weighted by Crippen LogP contribution is -2.36. The Morgan fingerprint density at radius 3 is 2.36 bits per heavy atom. The molecule has 0 aliphatic rings. The molecule has 11 heavy (non-hydrogen) atoms. The molecular weight excluding hydrogens is 163 g/mol. The summed E-state index contributed by atoms with van der Waals surface area (Å²) < 4.78 is 11.1. The minimum Gasteiger partial charge on any atom is -0.343 e. The first kappa shape index (κ1) is 11.1. The molecule has 2 unspecified atom stereocenters. The van der Waals surface area contributed by atoms with Crippen LogP contribution in [0.2, 0.25) is 0 Å². The molecule has 0 aromatic rings. The van der Waals surface area contributed by atoms with Gasteiger partial charge in [0, 0.05) is 6.66 Å². The van der Waals surface area contributed by atoms with E-state index in [2.05, 4.69) is 0 Å². The zero-order chi connectivity index (χ0) is 9.12. The molecule has 0 saturated heterocycles. The summed E-state index contributed by atoms with van der Waals surface area (Å²) in [5.74, 6) is 0. The van der Waals surface area contributed by atoms with Gasteiger partial charge in [0.2, 0.25) is 7.37 Å². The van der Waals surface area contributed by atoms with Crippen LogP contribution >= 0.6 is 7.37 Å². The molecule has 0 amide bonds. The average molecular weight is 180 g/mol. The monoisotopic (exact) mass is 180 g/mol. The fourth-order valence-electron chi connectivity index (χ4n) is 0.667. The minimum atomic E-state index is -3.18. The van der Waals surface area contributed by atoms with Gasteiger partial charge in [0.15, 0.2) is 0 Å². The van der Waals surface area contributed by atoms with Gasteiger partial charge in [-0.25, -0.2) is 0 Å². The summed E-state index contributed by atoms with van der Waals surface area (Å²) in [5, 5.41) is -0.980. The van der Waals surface area contributed by atoms with Crippen molar-refractivity contribution in [1.82, 2.24) is 0 Å². The smallest absolute Gasteiger partial charge is 0.216 e. The van der Waals surface area contributed by atoms with Gasteiger partial charge in [-0.15, -0.1) is 0 Å². The Hall–Kier alpha value is 0.110. The third-order valence-corrected chi connectivity index (χ3v) is 3.95. The average Bonchev–Trinajstić information content (AvgIpc) is 1.81. The van der Waals surface area contributed by atoms with Crippen LogP contribution in [0, 0.1) is 0 Å². The van der Waals surface area contributed by atoms with Crippen molar-refractivity contribution in [1.29, 1.82) is 0 Å². The molecule has 5 N–H and O–H groups in total. The summed E-state index contributed by atoms with van der Waals surface area (Å²) in [6, 6.07) is 0. The van der Waals surface area contributed by atoms with Crippen molar-refractivity contribution in [2.75, 3.05) is 13.2 Å². The fourth-order valence-corrected chi connectivity index (χ4v) is 1.24. The summed E-state index contributed by atoms with van der Waals surface area (Å²) in [5.41, 5.74) is 10.9. The Kier molecular flexibility index (Phi) is 3.71. The topological polar surface area (TPSA) is 89.3 Å². The molecular formula is C6H17N2O2P. The van der Waals surface area contributed by atoms with Gasteiger partial charge < -0.3 is 16.4 Å². The van der Waals surface area contributed by atoms with Gasteiger partial charge in [0.25, 0.3) is 0 Å². The third-order valence-electron chi connectivity index (χ3n) is 1.83. The largest absolute Gasteiger partial charge is 0.343 e. The molecule has 4 nitrogen and oxygen atoms in total. The van der Waals surface area contributed by atoms with E-state index in [0.29, 0.717) is 19.4 Å². The summed E-state index contributed by atoms with van der Waals surface area (Å²) >= 11 is 0. The maximum atomic E-state index is 11.1. The summed E-state index contributed by atoms with van der Waals surface area (Å²) in [7, 11) is -3.18.